The molecule has 0 aromatic heterocycles. The topological polar surface area (TPSA) is 21.8 Å². The standard InChI is InChI=1S/C18H22O2/c1-19-12-3-5-13-11(10-12)2-4-15-14(13)8-9-18-16(15)6-7-17(18)20-18/h3,5,10,14-17H,2,4,6-9H2,1H3. The molecule has 3 aliphatic carbocycles. The molecule has 20 heavy (non-hydrogen) atoms. The highest BCUT2D eigenvalue weighted by molar-refractivity contribution is 5.41. The van der Waals surface area contributed by atoms with Crippen LogP contribution in [0.2, 0.25) is 0 Å². The number of benzene rings is 1. The van der Waals surface area contributed by atoms with Crippen LogP contribution < -0.4 is 4.74 Å². The molecule has 5 unspecified atom stereocenters. The lowest BCUT2D eigenvalue weighted by molar-refractivity contribution is 0.0657. The molecule has 0 radical (unpaired) electrons. The lowest BCUT2D eigenvalue weighted by Gasteiger charge is -2.44. The van der Waals surface area contributed by atoms with E-state index in [9.17, 15) is 0 Å². The molecule has 1 spiro atoms. The summed E-state index contributed by atoms with van der Waals surface area (Å²) < 4.78 is 11.5. The van der Waals surface area contributed by atoms with Crippen LogP contribution >= 0.6 is 0 Å². The number of rotatable bonds is 1. The summed E-state index contributed by atoms with van der Waals surface area (Å²) in [6.45, 7) is 0. The van der Waals surface area contributed by atoms with E-state index in [0.717, 1.165) is 23.5 Å². The molecule has 2 nitrogen and oxygen atoms in total. The van der Waals surface area contributed by atoms with Crippen LogP contribution in [0.3, 0.4) is 0 Å². The summed E-state index contributed by atoms with van der Waals surface area (Å²) in [5.41, 5.74) is 3.49. The molecule has 1 saturated heterocycles. The SMILES string of the molecule is COc1ccc2c(c1)CCC1C2CCC23OC2CCC13. The van der Waals surface area contributed by atoms with Crippen LogP contribution in [0.4, 0.5) is 0 Å². The Labute approximate surface area is 120 Å². The fourth-order valence-electron chi connectivity index (χ4n) is 5.69. The monoisotopic (exact) mass is 270 g/mol. The molecule has 4 aliphatic rings. The zero-order valence-electron chi connectivity index (χ0n) is 12.1. The first-order valence-electron chi connectivity index (χ1n) is 8.16. The number of aryl methyl sites for hydroxylation is 1. The van der Waals surface area contributed by atoms with Gasteiger partial charge < -0.3 is 9.47 Å². The lowest BCUT2D eigenvalue weighted by Crippen LogP contribution is -2.40. The summed E-state index contributed by atoms with van der Waals surface area (Å²) in [6, 6.07) is 6.75. The highest BCUT2D eigenvalue weighted by Gasteiger charge is 2.68. The van der Waals surface area contributed by atoms with Gasteiger partial charge in [0.05, 0.1) is 18.8 Å². The van der Waals surface area contributed by atoms with Gasteiger partial charge in [-0.15, -0.1) is 0 Å². The number of fused-ring (bicyclic) bond motifs is 4. The Morgan fingerprint density at radius 1 is 1.20 bits per heavy atom. The van der Waals surface area contributed by atoms with Crippen molar-refractivity contribution in [3.8, 4) is 5.75 Å². The molecule has 0 bridgehead atoms. The van der Waals surface area contributed by atoms with Gasteiger partial charge in [-0.25, -0.2) is 0 Å². The van der Waals surface area contributed by atoms with Gasteiger partial charge in [0.2, 0.25) is 0 Å². The van der Waals surface area contributed by atoms with E-state index in [1.807, 2.05) is 0 Å². The van der Waals surface area contributed by atoms with Crippen LogP contribution in [0.1, 0.15) is 49.1 Å². The molecule has 106 valence electrons. The van der Waals surface area contributed by atoms with Crippen LogP contribution in [0.5, 0.6) is 5.75 Å². The molecule has 1 aromatic carbocycles. The van der Waals surface area contributed by atoms with Gasteiger partial charge in [-0.05, 0) is 79.5 Å². The molecule has 3 fully saturated rings. The van der Waals surface area contributed by atoms with Crippen molar-refractivity contribution >= 4 is 0 Å². The maximum absolute atomic E-state index is 6.10. The van der Waals surface area contributed by atoms with E-state index in [1.54, 1.807) is 12.7 Å². The zero-order valence-corrected chi connectivity index (χ0v) is 12.1. The van der Waals surface area contributed by atoms with E-state index in [2.05, 4.69) is 18.2 Å². The maximum Gasteiger partial charge on any atom is 0.119 e. The Morgan fingerprint density at radius 3 is 3.00 bits per heavy atom. The molecule has 2 heteroatoms. The second-order valence-corrected chi connectivity index (χ2v) is 7.16. The van der Waals surface area contributed by atoms with Crippen LogP contribution in [0.15, 0.2) is 18.2 Å². The Kier molecular flexibility index (Phi) is 2.20. The summed E-state index contributed by atoms with van der Waals surface area (Å²) in [5, 5.41) is 0. The summed E-state index contributed by atoms with van der Waals surface area (Å²) in [5.74, 6) is 3.52. The van der Waals surface area contributed by atoms with E-state index in [-0.39, 0.29) is 0 Å². The van der Waals surface area contributed by atoms with E-state index in [0.29, 0.717) is 11.7 Å². The van der Waals surface area contributed by atoms with Crippen molar-refractivity contribution in [2.45, 2.75) is 56.1 Å². The van der Waals surface area contributed by atoms with E-state index >= 15 is 0 Å². The van der Waals surface area contributed by atoms with Crippen LogP contribution in [0.25, 0.3) is 0 Å². The summed E-state index contributed by atoms with van der Waals surface area (Å²) >= 11 is 0. The Hall–Kier alpha value is -1.02. The number of hydrogen-bond donors (Lipinski definition) is 0. The Bertz CT molecular complexity index is 567. The normalized spacial score (nSPS) is 44.0. The minimum absolute atomic E-state index is 0.338. The minimum Gasteiger partial charge on any atom is -0.497 e. The fourth-order valence-corrected chi connectivity index (χ4v) is 5.69. The minimum atomic E-state index is 0.338. The van der Waals surface area contributed by atoms with E-state index < -0.39 is 0 Å². The molecule has 1 aliphatic heterocycles. The van der Waals surface area contributed by atoms with Crippen LogP contribution in [-0.2, 0) is 11.2 Å². The number of hydrogen-bond acceptors (Lipinski definition) is 2. The molecule has 0 N–H and O–H groups in total. The molecule has 2 saturated carbocycles. The summed E-state index contributed by atoms with van der Waals surface area (Å²) in [4.78, 5) is 0. The molecular formula is C18H22O2. The average Bonchev–Trinajstić information content (AvgIpc) is 3.07. The predicted octanol–water partition coefficient (Wildman–Crippen LogP) is 3.68. The van der Waals surface area contributed by atoms with E-state index in [1.165, 1.54) is 44.1 Å². The number of methoxy groups -OCH3 is 1. The largest absolute Gasteiger partial charge is 0.497 e. The summed E-state index contributed by atoms with van der Waals surface area (Å²) in [7, 11) is 1.76. The highest BCUT2D eigenvalue weighted by Crippen LogP contribution is 2.66. The fraction of sp³-hybridized carbons (Fsp3) is 0.667. The molecule has 1 heterocycles. The summed E-state index contributed by atoms with van der Waals surface area (Å²) in [6.07, 6.45) is 8.58. The number of epoxide rings is 1. The van der Waals surface area contributed by atoms with Crippen molar-refractivity contribution in [1.82, 2.24) is 0 Å². The Balaban J connectivity index is 1.52. The highest BCUT2D eigenvalue weighted by atomic mass is 16.6. The van der Waals surface area contributed by atoms with Crippen molar-refractivity contribution in [3.63, 3.8) is 0 Å². The van der Waals surface area contributed by atoms with Gasteiger partial charge in [-0.1, -0.05) is 6.07 Å². The third kappa shape index (κ3) is 1.34. The second-order valence-electron chi connectivity index (χ2n) is 7.16. The first kappa shape index (κ1) is 11.6. The van der Waals surface area contributed by atoms with Crippen LogP contribution in [-0.4, -0.2) is 18.8 Å². The lowest BCUT2D eigenvalue weighted by atomic mass is 9.60. The van der Waals surface area contributed by atoms with Crippen molar-refractivity contribution in [2.24, 2.45) is 11.8 Å². The first-order valence-corrected chi connectivity index (χ1v) is 8.16. The van der Waals surface area contributed by atoms with Crippen molar-refractivity contribution in [3.05, 3.63) is 29.3 Å². The molecule has 1 aromatic rings. The zero-order chi connectivity index (χ0) is 13.3. The van der Waals surface area contributed by atoms with Crippen molar-refractivity contribution in [2.75, 3.05) is 7.11 Å². The average molecular weight is 270 g/mol. The van der Waals surface area contributed by atoms with Crippen LogP contribution in [0, 0.1) is 11.8 Å². The third-order valence-electron chi connectivity index (χ3n) is 6.59. The van der Waals surface area contributed by atoms with Gasteiger partial charge >= 0.3 is 0 Å². The second kappa shape index (κ2) is 3.79. The van der Waals surface area contributed by atoms with Gasteiger partial charge in [0.1, 0.15) is 5.75 Å². The number of ether oxygens (including phenoxy) is 2. The van der Waals surface area contributed by atoms with Crippen molar-refractivity contribution < 1.29 is 9.47 Å². The Morgan fingerprint density at radius 2 is 2.15 bits per heavy atom. The maximum atomic E-state index is 6.10. The predicted molar refractivity (Wildman–Crippen MR) is 77.1 cm³/mol. The molecular weight excluding hydrogens is 248 g/mol. The van der Waals surface area contributed by atoms with Gasteiger partial charge in [0, 0.05) is 0 Å². The van der Waals surface area contributed by atoms with Gasteiger partial charge in [0.15, 0.2) is 0 Å². The molecule has 5 atom stereocenters. The van der Waals surface area contributed by atoms with E-state index in [4.69, 9.17) is 9.47 Å². The van der Waals surface area contributed by atoms with Gasteiger partial charge in [-0.3, -0.25) is 0 Å². The first-order chi connectivity index (χ1) is 9.82. The van der Waals surface area contributed by atoms with Gasteiger partial charge in [-0.2, -0.15) is 0 Å². The van der Waals surface area contributed by atoms with Crippen molar-refractivity contribution in [1.29, 1.82) is 0 Å². The third-order valence-corrected chi connectivity index (χ3v) is 6.59. The molecule has 5 rings (SSSR count). The van der Waals surface area contributed by atoms with Gasteiger partial charge in [0.25, 0.3) is 0 Å². The smallest absolute Gasteiger partial charge is 0.119 e. The molecule has 0 amide bonds. The quantitative estimate of drug-likeness (QED) is 0.726.